The van der Waals surface area contributed by atoms with Gasteiger partial charge in [-0.1, -0.05) is 18.5 Å². The van der Waals surface area contributed by atoms with Crippen LogP contribution in [0.25, 0.3) is 0 Å². The van der Waals surface area contributed by atoms with Gasteiger partial charge in [0.1, 0.15) is 5.75 Å². The number of hydrogen-bond donors (Lipinski definition) is 1. The van der Waals surface area contributed by atoms with Crippen molar-refractivity contribution in [3.63, 3.8) is 0 Å². The Bertz CT molecular complexity index is 507. The molecule has 0 saturated carbocycles. The van der Waals surface area contributed by atoms with E-state index in [0.717, 1.165) is 44.0 Å². The zero-order valence-electron chi connectivity index (χ0n) is 15.3. The fourth-order valence-electron chi connectivity index (χ4n) is 3.22. The molecule has 140 valence electrons. The van der Waals surface area contributed by atoms with Crippen LogP contribution in [-0.4, -0.2) is 43.6 Å². The lowest BCUT2D eigenvalue weighted by Crippen LogP contribution is -2.35. The van der Waals surface area contributed by atoms with E-state index in [-0.39, 0.29) is 5.91 Å². The number of hydrogen-bond acceptors (Lipinski definition) is 3. The number of nitrogens with one attached hydrogen (secondary N) is 1. The van der Waals surface area contributed by atoms with E-state index in [0.29, 0.717) is 18.1 Å². The minimum Gasteiger partial charge on any atom is -0.494 e. The van der Waals surface area contributed by atoms with Crippen LogP contribution in [0.15, 0.2) is 24.3 Å². The molecule has 1 atom stereocenters. The van der Waals surface area contributed by atoms with Crippen molar-refractivity contribution in [2.24, 2.45) is 5.92 Å². The Balaban J connectivity index is 1.43. The quantitative estimate of drug-likeness (QED) is 0.633. The smallest absolute Gasteiger partial charge is 0.220 e. The van der Waals surface area contributed by atoms with E-state index in [4.69, 9.17) is 16.3 Å². The number of piperidine rings is 1. The van der Waals surface area contributed by atoms with Crippen LogP contribution in [0.1, 0.15) is 45.4 Å². The highest BCUT2D eigenvalue weighted by Crippen LogP contribution is 2.16. The van der Waals surface area contributed by atoms with E-state index >= 15 is 0 Å². The molecule has 1 unspecified atom stereocenters. The van der Waals surface area contributed by atoms with E-state index < -0.39 is 0 Å². The van der Waals surface area contributed by atoms with Gasteiger partial charge in [-0.3, -0.25) is 4.79 Å². The van der Waals surface area contributed by atoms with Gasteiger partial charge >= 0.3 is 0 Å². The molecule has 1 aromatic carbocycles. The van der Waals surface area contributed by atoms with Gasteiger partial charge in [-0.2, -0.15) is 0 Å². The molecule has 0 radical (unpaired) electrons. The fraction of sp³-hybridized carbons (Fsp3) is 0.650. The first kappa shape index (κ1) is 20.1. The highest BCUT2D eigenvalue weighted by atomic mass is 35.5. The van der Waals surface area contributed by atoms with Crippen molar-refractivity contribution in [1.29, 1.82) is 0 Å². The molecule has 1 aromatic rings. The highest BCUT2D eigenvalue weighted by Gasteiger charge is 2.15. The molecule has 1 fully saturated rings. The summed E-state index contributed by atoms with van der Waals surface area (Å²) in [6.07, 6.45) is 6.15. The Morgan fingerprint density at radius 2 is 2.08 bits per heavy atom. The zero-order valence-corrected chi connectivity index (χ0v) is 16.1. The van der Waals surface area contributed by atoms with E-state index in [1.54, 1.807) is 12.1 Å². The van der Waals surface area contributed by atoms with Gasteiger partial charge in [-0.05, 0) is 75.4 Å². The van der Waals surface area contributed by atoms with Gasteiger partial charge in [0, 0.05) is 24.5 Å². The molecule has 2 rings (SSSR count). The fourth-order valence-corrected chi connectivity index (χ4v) is 3.35. The Hall–Kier alpha value is -1.26. The Kier molecular flexibility index (Phi) is 9.12. The van der Waals surface area contributed by atoms with Gasteiger partial charge in [-0.25, -0.2) is 0 Å². The summed E-state index contributed by atoms with van der Waals surface area (Å²) in [5.41, 5.74) is 0. The maximum atomic E-state index is 11.8. The first-order valence-corrected chi connectivity index (χ1v) is 9.88. The van der Waals surface area contributed by atoms with Crippen molar-refractivity contribution in [2.45, 2.75) is 45.4 Å². The maximum absolute atomic E-state index is 11.8. The molecule has 0 aliphatic carbocycles. The van der Waals surface area contributed by atoms with E-state index in [1.807, 2.05) is 12.1 Å². The topological polar surface area (TPSA) is 41.6 Å². The molecular formula is C20H31ClN2O2. The summed E-state index contributed by atoms with van der Waals surface area (Å²) < 4.78 is 5.59. The predicted octanol–water partition coefficient (Wildman–Crippen LogP) is 4.13. The molecule has 0 spiro atoms. The lowest BCUT2D eigenvalue weighted by Gasteiger charge is -2.30. The summed E-state index contributed by atoms with van der Waals surface area (Å²) in [4.78, 5) is 14.4. The third-order valence-electron chi connectivity index (χ3n) is 4.59. The highest BCUT2D eigenvalue weighted by molar-refractivity contribution is 6.30. The van der Waals surface area contributed by atoms with Crippen LogP contribution in [-0.2, 0) is 4.79 Å². The molecule has 1 aliphatic rings. The summed E-state index contributed by atoms with van der Waals surface area (Å²) in [7, 11) is 0. The third kappa shape index (κ3) is 8.59. The summed E-state index contributed by atoms with van der Waals surface area (Å²) in [6.45, 7) is 7.30. The summed E-state index contributed by atoms with van der Waals surface area (Å²) in [6, 6.07) is 7.28. The SMILES string of the molecule is CC1CCCN(CCCCNC(=O)CCCOc2ccc(Cl)cc2)C1. The van der Waals surface area contributed by atoms with Crippen LogP contribution in [0.5, 0.6) is 5.75 Å². The number of nitrogens with zero attached hydrogens (tertiary/aromatic N) is 1. The van der Waals surface area contributed by atoms with Gasteiger partial charge in [0.2, 0.25) is 5.91 Å². The van der Waals surface area contributed by atoms with Crippen LogP contribution < -0.4 is 10.1 Å². The van der Waals surface area contributed by atoms with Crippen molar-refractivity contribution in [3.05, 3.63) is 29.3 Å². The summed E-state index contributed by atoms with van der Waals surface area (Å²) in [5.74, 6) is 1.74. The number of amides is 1. The minimum atomic E-state index is 0.117. The Morgan fingerprint density at radius 1 is 1.28 bits per heavy atom. The second-order valence-electron chi connectivity index (χ2n) is 7.01. The zero-order chi connectivity index (χ0) is 17.9. The monoisotopic (exact) mass is 366 g/mol. The average Bonchev–Trinajstić information content (AvgIpc) is 2.60. The van der Waals surface area contributed by atoms with Crippen LogP contribution in [0.4, 0.5) is 0 Å². The summed E-state index contributed by atoms with van der Waals surface area (Å²) in [5, 5.41) is 3.70. The number of rotatable bonds is 10. The van der Waals surface area contributed by atoms with Gasteiger partial charge in [0.15, 0.2) is 0 Å². The van der Waals surface area contributed by atoms with Gasteiger partial charge in [0.05, 0.1) is 6.61 Å². The molecule has 1 aliphatic heterocycles. The largest absolute Gasteiger partial charge is 0.494 e. The molecule has 0 aromatic heterocycles. The number of unbranched alkanes of at least 4 members (excludes halogenated alkanes) is 1. The Labute approximate surface area is 156 Å². The van der Waals surface area contributed by atoms with Crippen molar-refractivity contribution in [3.8, 4) is 5.75 Å². The van der Waals surface area contributed by atoms with Crippen LogP contribution >= 0.6 is 11.6 Å². The van der Waals surface area contributed by atoms with Gasteiger partial charge in [-0.15, -0.1) is 0 Å². The lowest BCUT2D eigenvalue weighted by atomic mass is 10.0. The second-order valence-corrected chi connectivity index (χ2v) is 7.45. The molecule has 1 heterocycles. The molecular weight excluding hydrogens is 336 g/mol. The molecule has 1 N–H and O–H groups in total. The van der Waals surface area contributed by atoms with Gasteiger partial charge in [0.25, 0.3) is 0 Å². The van der Waals surface area contributed by atoms with E-state index in [9.17, 15) is 4.79 Å². The minimum absolute atomic E-state index is 0.117. The predicted molar refractivity (Wildman–Crippen MR) is 103 cm³/mol. The first-order chi connectivity index (χ1) is 12.1. The van der Waals surface area contributed by atoms with Crippen molar-refractivity contribution in [2.75, 3.05) is 32.8 Å². The molecule has 4 nitrogen and oxygen atoms in total. The van der Waals surface area contributed by atoms with Crippen molar-refractivity contribution < 1.29 is 9.53 Å². The molecule has 0 bridgehead atoms. The number of carbonyl (C=O) groups is 1. The maximum Gasteiger partial charge on any atom is 0.220 e. The van der Waals surface area contributed by atoms with Crippen LogP contribution in [0, 0.1) is 5.92 Å². The van der Waals surface area contributed by atoms with Crippen LogP contribution in [0.3, 0.4) is 0 Å². The molecule has 1 amide bonds. The Morgan fingerprint density at radius 3 is 2.84 bits per heavy atom. The van der Waals surface area contributed by atoms with Crippen molar-refractivity contribution in [1.82, 2.24) is 10.2 Å². The lowest BCUT2D eigenvalue weighted by molar-refractivity contribution is -0.121. The van der Waals surface area contributed by atoms with Crippen LogP contribution in [0.2, 0.25) is 5.02 Å². The molecule has 1 saturated heterocycles. The number of carbonyl (C=O) groups excluding carboxylic acids is 1. The normalized spacial score (nSPS) is 18.1. The third-order valence-corrected chi connectivity index (χ3v) is 4.85. The number of halogens is 1. The van der Waals surface area contributed by atoms with E-state index in [2.05, 4.69) is 17.1 Å². The first-order valence-electron chi connectivity index (χ1n) is 9.51. The van der Waals surface area contributed by atoms with Gasteiger partial charge < -0.3 is 15.0 Å². The number of ether oxygens (including phenoxy) is 1. The number of likely N-dealkylation sites (tertiary alicyclic amines) is 1. The number of benzene rings is 1. The van der Waals surface area contributed by atoms with E-state index in [1.165, 1.54) is 25.9 Å². The standard InChI is InChI=1S/C20H31ClN2O2/c1-17-6-4-14-23(16-17)13-3-2-12-22-20(24)7-5-15-25-19-10-8-18(21)9-11-19/h8-11,17H,2-7,12-16H2,1H3,(H,22,24). The van der Waals surface area contributed by atoms with Crippen molar-refractivity contribution >= 4 is 17.5 Å². The average molecular weight is 367 g/mol. The summed E-state index contributed by atoms with van der Waals surface area (Å²) >= 11 is 5.82. The molecule has 25 heavy (non-hydrogen) atoms. The second kappa shape index (κ2) is 11.4. The molecule has 5 heteroatoms.